The third-order valence-corrected chi connectivity index (χ3v) is 7.09. The van der Waals surface area contributed by atoms with Crippen LogP contribution < -0.4 is 10.1 Å². The van der Waals surface area contributed by atoms with Crippen molar-refractivity contribution < 1.29 is 17.9 Å². The molecule has 1 N–H and O–H groups in total. The van der Waals surface area contributed by atoms with Gasteiger partial charge in [0.1, 0.15) is 16.7 Å². The standard InChI is InChI=1S/C21H23BrN2O4S/c1-3-11-23-21(25)18-12-15-7-5-6-8-16(15)14-24(18)29(26,27)20-13-17(22)9-10-19(20)28-4-2/h3,5-10,13,18H,1,4,11-12,14H2,2H3,(H,23,25)/t18-/m0/s1. The first-order valence-corrected chi connectivity index (χ1v) is 11.5. The van der Waals surface area contributed by atoms with Gasteiger partial charge in [0.05, 0.1) is 6.61 Å². The number of ether oxygens (including phenoxy) is 1. The van der Waals surface area contributed by atoms with Crippen molar-refractivity contribution in [2.75, 3.05) is 13.2 Å². The van der Waals surface area contributed by atoms with Gasteiger partial charge in [0.25, 0.3) is 0 Å². The fourth-order valence-electron chi connectivity index (χ4n) is 3.35. The zero-order valence-electron chi connectivity index (χ0n) is 16.1. The van der Waals surface area contributed by atoms with E-state index >= 15 is 0 Å². The molecule has 0 aliphatic carbocycles. The molecule has 6 nitrogen and oxygen atoms in total. The molecular weight excluding hydrogens is 456 g/mol. The molecule has 0 fully saturated rings. The third kappa shape index (κ3) is 4.55. The third-order valence-electron chi connectivity index (χ3n) is 4.72. The summed E-state index contributed by atoms with van der Waals surface area (Å²) in [5.41, 5.74) is 1.86. The number of carbonyl (C=O) groups excluding carboxylic acids is 1. The predicted molar refractivity (Wildman–Crippen MR) is 115 cm³/mol. The number of nitrogens with zero attached hydrogens (tertiary/aromatic N) is 1. The molecule has 0 aromatic heterocycles. The van der Waals surface area contributed by atoms with Crippen LogP contribution in [-0.2, 0) is 27.8 Å². The van der Waals surface area contributed by atoms with Crippen molar-refractivity contribution in [3.05, 3.63) is 70.7 Å². The first kappa shape index (κ1) is 21.5. The summed E-state index contributed by atoms with van der Waals surface area (Å²) in [6.07, 6.45) is 1.87. The Morgan fingerprint density at radius 2 is 2.03 bits per heavy atom. The number of halogens is 1. The molecule has 3 rings (SSSR count). The van der Waals surface area contributed by atoms with Crippen molar-refractivity contribution in [1.82, 2.24) is 9.62 Å². The first-order valence-electron chi connectivity index (χ1n) is 9.28. The Balaban J connectivity index is 2.08. The predicted octanol–water partition coefficient (Wildman–Crippen LogP) is 3.27. The molecule has 1 aliphatic heterocycles. The van der Waals surface area contributed by atoms with Crippen molar-refractivity contribution in [2.45, 2.75) is 30.8 Å². The molecule has 8 heteroatoms. The molecular formula is C21H23BrN2O4S. The van der Waals surface area contributed by atoms with Gasteiger partial charge >= 0.3 is 0 Å². The largest absolute Gasteiger partial charge is 0.492 e. The fourth-order valence-corrected chi connectivity index (χ4v) is 5.59. The average molecular weight is 479 g/mol. The van der Waals surface area contributed by atoms with Crippen LogP contribution in [0.3, 0.4) is 0 Å². The summed E-state index contributed by atoms with van der Waals surface area (Å²) in [4.78, 5) is 12.9. The minimum atomic E-state index is -4.01. The Bertz CT molecular complexity index is 1020. The molecule has 154 valence electrons. The molecule has 1 amide bonds. The second-order valence-corrected chi connectivity index (χ2v) is 9.37. The van der Waals surface area contributed by atoms with E-state index < -0.39 is 16.1 Å². The highest BCUT2D eigenvalue weighted by molar-refractivity contribution is 9.10. The van der Waals surface area contributed by atoms with Crippen LogP contribution in [0.5, 0.6) is 5.75 Å². The van der Waals surface area contributed by atoms with Gasteiger partial charge < -0.3 is 10.1 Å². The van der Waals surface area contributed by atoms with Gasteiger partial charge in [-0.1, -0.05) is 46.3 Å². The SMILES string of the molecule is C=CCNC(=O)[C@@H]1Cc2ccccc2CN1S(=O)(=O)c1cc(Br)ccc1OCC. The number of benzene rings is 2. The topological polar surface area (TPSA) is 75.7 Å². The number of fused-ring (bicyclic) bond motifs is 1. The lowest BCUT2D eigenvalue weighted by molar-refractivity contribution is -0.125. The Hall–Kier alpha value is -2.16. The Labute approximate surface area is 179 Å². The maximum Gasteiger partial charge on any atom is 0.247 e. The van der Waals surface area contributed by atoms with E-state index in [9.17, 15) is 13.2 Å². The normalized spacial score (nSPS) is 16.7. The van der Waals surface area contributed by atoms with Crippen molar-refractivity contribution >= 4 is 31.9 Å². The van der Waals surface area contributed by atoms with Crippen LogP contribution in [0.25, 0.3) is 0 Å². The Morgan fingerprint density at radius 1 is 1.31 bits per heavy atom. The summed E-state index contributed by atoms with van der Waals surface area (Å²) >= 11 is 3.34. The number of carbonyl (C=O) groups is 1. The van der Waals surface area contributed by atoms with Crippen LogP contribution in [0.15, 0.2) is 64.5 Å². The molecule has 1 atom stereocenters. The molecule has 0 saturated carbocycles. The van der Waals surface area contributed by atoms with Crippen molar-refractivity contribution in [2.24, 2.45) is 0 Å². The van der Waals surface area contributed by atoms with Gasteiger partial charge in [-0.15, -0.1) is 6.58 Å². The molecule has 0 saturated heterocycles. The number of hydrogen-bond acceptors (Lipinski definition) is 4. The fraction of sp³-hybridized carbons (Fsp3) is 0.286. The minimum absolute atomic E-state index is 0.0367. The monoisotopic (exact) mass is 478 g/mol. The number of sulfonamides is 1. The van der Waals surface area contributed by atoms with Crippen LogP contribution in [-0.4, -0.2) is 37.8 Å². The van der Waals surface area contributed by atoms with Gasteiger partial charge in [-0.2, -0.15) is 4.31 Å². The summed E-state index contributed by atoms with van der Waals surface area (Å²) in [5.74, 6) is -0.0873. The quantitative estimate of drug-likeness (QED) is 0.619. The second kappa shape index (κ2) is 9.11. The highest BCUT2D eigenvalue weighted by Gasteiger charge is 2.40. The number of hydrogen-bond donors (Lipinski definition) is 1. The van der Waals surface area contributed by atoms with Crippen molar-refractivity contribution in [1.29, 1.82) is 0 Å². The summed E-state index contributed by atoms with van der Waals surface area (Å²) in [5, 5.41) is 2.73. The van der Waals surface area contributed by atoms with Gasteiger partial charge in [-0.25, -0.2) is 8.42 Å². The zero-order chi connectivity index (χ0) is 21.0. The number of rotatable bonds is 7. The molecule has 2 aromatic carbocycles. The van der Waals surface area contributed by atoms with Gasteiger partial charge in [-0.05, 0) is 42.7 Å². The lowest BCUT2D eigenvalue weighted by atomic mass is 9.95. The van der Waals surface area contributed by atoms with Crippen LogP contribution in [0.1, 0.15) is 18.1 Å². The van der Waals surface area contributed by atoms with E-state index in [0.717, 1.165) is 11.1 Å². The highest BCUT2D eigenvalue weighted by Crippen LogP contribution is 2.34. The van der Waals surface area contributed by atoms with Crippen LogP contribution in [0.2, 0.25) is 0 Å². The van der Waals surface area contributed by atoms with Crippen LogP contribution in [0.4, 0.5) is 0 Å². The maximum absolute atomic E-state index is 13.7. The van der Waals surface area contributed by atoms with E-state index in [0.29, 0.717) is 17.5 Å². The first-order chi connectivity index (χ1) is 13.9. The lowest BCUT2D eigenvalue weighted by Gasteiger charge is -2.35. The molecule has 1 aliphatic rings. The molecule has 0 radical (unpaired) electrons. The summed E-state index contributed by atoms with van der Waals surface area (Å²) in [6.45, 7) is 6.11. The number of amides is 1. The van der Waals surface area contributed by atoms with Gasteiger partial charge in [0.15, 0.2) is 0 Å². The molecule has 0 unspecified atom stereocenters. The van der Waals surface area contributed by atoms with E-state index in [2.05, 4.69) is 27.8 Å². The Kier molecular flexibility index (Phi) is 6.77. The van der Waals surface area contributed by atoms with Gasteiger partial charge in [0, 0.05) is 17.6 Å². The van der Waals surface area contributed by atoms with Crippen LogP contribution >= 0.6 is 15.9 Å². The molecule has 0 bridgehead atoms. The van der Waals surface area contributed by atoms with Crippen molar-refractivity contribution in [3.8, 4) is 5.75 Å². The van der Waals surface area contributed by atoms with Gasteiger partial charge in [0.2, 0.25) is 15.9 Å². The zero-order valence-corrected chi connectivity index (χ0v) is 18.5. The van der Waals surface area contributed by atoms with Crippen LogP contribution in [0, 0.1) is 0 Å². The molecule has 2 aromatic rings. The maximum atomic E-state index is 13.7. The highest BCUT2D eigenvalue weighted by atomic mass is 79.9. The summed E-state index contributed by atoms with van der Waals surface area (Å²) in [6, 6.07) is 11.6. The molecule has 0 spiro atoms. The smallest absolute Gasteiger partial charge is 0.247 e. The van der Waals surface area contributed by atoms with E-state index in [1.807, 2.05) is 24.3 Å². The average Bonchev–Trinajstić information content (AvgIpc) is 2.72. The van der Waals surface area contributed by atoms with Crippen molar-refractivity contribution in [3.63, 3.8) is 0 Å². The van der Waals surface area contributed by atoms with E-state index in [4.69, 9.17) is 4.74 Å². The van der Waals surface area contributed by atoms with E-state index in [1.165, 1.54) is 10.4 Å². The van der Waals surface area contributed by atoms with E-state index in [1.54, 1.807) is 25.1 Å². The lowest BCUT2D eigenvalue weighted by Crippen LogP contribution is -2.52. The molecule has 1 heterocycles. The minimum Gasteiger partial charge on any atom is -0.492 e. The van der Waals surface area contributed by atoms with Gasteiger partial charge in [-0.3, -0.25) is 4.79 Å². The second-order valence-electron chi connectivity index (χ2n) is 6.60. The number of nitrogens with one attached hydrogen (secondary N) is 1. The van der Waals surface area contributed by atoms with E-state index in [-0.39, 0.29) is 29.6 Å². The molecule has 29 heavy (non-hydrogen) atoms. The summed E-state index contributed by atoms with van der Waals surface area (Å²) in [7, 11) is -4.01. The summed E-state index contributed by atoms with van der Waals surface area (Å²) < 4.78 is 34.8. The Morgan fingerprint density at radius 3 is 2.72 bits per heavy atom.